The van der Waals surface area contributed by atoms with E-state index in [4.69, 9.17) is 4.74 Å². The summed E-state index contributed by atoms with van der Waals surface area (Å²) in [5.74, 6) is -0.0437. The van der Waals surface area contributed by atoms with E-state index in [-0.39, 0.29) is 18.5 Å². The second-order valence-corrected chi connectivity index (χ2v) is 29.9. The fourth-order valence-electron chi connectivity index (χ4n) is 13.6. The molecular formula is C90H169NO5. The Kier molecular flexibility index (Phi) is 82.8. The highest BCUT2D eigenvalue weighted by atomic mass is 16.5. The summed E-state index contributed by atoms with van der Waals surface area (Å²) in [7, 11) is 0. The predicted octanol–water partition coefficient (Wildman–Crippen LogP) is 29.3. The molecule has 2 unspecified atom stereocenters. The Labute approximate surface area is 600 Å². The largest absolute Gasteiger partial charge is 0.466 e. The van der Waals surface area contributed by atoms with Crippen LogP contribution >= 0.6 is 0 Å². The number of aliphatic hydroxyl groups is 2. The van der Waals surface area contributed by atoms with Crippen molar-refractivity contribution in [3.63, 3.8) is 0 Å². The molecule has 2 atom stereocenters. The van der Waals surface area contributed by atoms with Crippen molar-refractivity contribution in [3.05, 3.63) is 60.8 Å². The maximum absolute atomic E-state index is 12.6. The number of allylic oxidation sites excluding steroid dienone is 9. The van der Waals surface area contributed by atoms with Gasteiger partial charge in [-0.15, -0.1) is 0 Å². The molecule has 0 saturated heterocycles. The molecule has 0 saturated carbocycles. The van der Waals surface area contributed by atoms with E-state index in [0.717, 1.165) is 57.8 Å². The fraction of sp³-hybridized carbons (Fsp3) is 0.867. The van der Waals surface area contributed by atoms with E-state index in [0.29, 0.717) is 19.4 Å². The second-order valence-electron chi connectivity index (χ2n) is 29.9. The fourth-order valence-corrected chi connectivity index (χ4v) is 13.6. The zero-order valence-corrected chi connectivity index (χ0v) is 64.9. The highest BCUT2D eigenvalue weighted by Gasteiger charge is 2.18. The molecule has 0 heterocycles. The lowest BCUT2D eigenvalue weighted by atomic mass is 10.0. The van der Waals surface area contributed by atoms with Crippen LogP contribution in [0.1, 0.15) is 476 Å². The van der Waals surface area contributed by atoms with Crippen LogP contribution < -0.4 is 5.32 Å². The summed E-state index contributed by atoms with van der Waals surface area (Å²) in [6, 6.07) is -0.628. The molecule has 0 aromatic carbocycles. The summed E-state index contributed by atoms with van der Waals surface area (Å²) < 4.78 is 5.52. The second kappa shape index (κ2) is 85.0. The van der Waals surface area contributed by atoms with Crippen LogP contribution in [0.5, 0.6) is 0 Å². The van der Waals surface area contributed by atoms with Crippen molar-refractivity contribution in [2.24, 2.45) is 0 Å². The van der Waals surface area contributed by atoms with Crippen LogP contribution in [0.25, 0.3) is 0 Å². The molecule has 0 fully saturated rings. The zero-order chi connectivity index (χ0) is 69.1. The predicted molar refractivity (Wildman–Crippen MR) is 425 cm³/mol. The smallest absolute Gasteiger partial charge is 0.305 e. The van der Waals surface area contributed by atoms with Gasteiger partial charge in [-0.05, 0) is 96.3 Å². The molecule has 0 bridgehead atoms. The Bertz CT molecular complexity index is 1650. The highest BCUT2D eigenvalue weighted by Crippen LogP contribution is 2.20. The molecule has 0 aliphatic heterocycles. The average Bonchev–Trinajstić information content (AvgIpc) is 3.22. The van der Waals surface area contributed by atoms with Crippen molar-refractivity contribution in [2.75, 3.05) is 13.2 Å². The molecule has 0 rings (SSSR count). The normalized spacial score (nSPS) is 12.8. The number of aliphatic hydroxyl groups excluding tert-OH is 2. The molecule has 0 aromatic rings. The number of nitrogens with one attached hydrogen (secondary N) is 1. The van der Waals surface area contributed by atoms with Gasteiger partial charge in [-0.2, -0.15) is 0 Å². The minimum absolute atomic E-state index is 0.0168. The van der Waals surface area contributed by atoms with Crippen LogP contribution in [0.4, 0.5) is 0 Å². The van der Waals surface area contributed by atoms with Crippen LogP contribution in [0.3, 0.4) is 0 Å². The summed E-state index contributed by atoms with van der Waals surface area (Å²) in [4.78, 5) is 24.7. The van der Waals surface area contributed by atoms with Gasteiger partial charge in [-0.1, -0.05) is 428 Å². The van der Waals surface area contributed by atoms with E-state index in [9.17, 15) is 19.8 Å². The molecule has 0 spiro atoms. The Morgan fingerprint density at radius 3 is 0.812 bits per heavy atom. The minimum Gasteiger partial charge on any atom is -0.466 e. The highest BCUT2D eigenvalue weighted by molar-refractivity contribution is 5.76. The Morgan fingerprint density at radius 1 is 0.292 bits per heavy atom. The summed E-state index contributed by atoms with van der Waals surface area (Å²) in [6.07, 6.45) is 115. The van der Waals surface area contributed by atoms with Gasteiger partial charge in [0.15, 0.2) is 0 Å². The molecule has 6 heteroatoms. The molecule has 3 N–H and O–H groups in total. The molecule has 0 radical (unpaired) electrons. The molecule has 6 nitrogen and oxygen atoms in total. The van der Waals surface area contributed by atoms with Gasteiger partial charge < -0.3 is 20.3 Å². The van der Waals surface area contributed by atoms with Gasteiger partial charge in [0.2, 0.25) is 5.91 Å². The summed E-state index contributed by atoms with van der Waals surface area (Å²) in [6.45, 7) is 4.93. The van der Waals surface area contributed by atoms with Gasteiger partial charge in [-0.25, -0.2) is 0 Å². The number of esters is 1. The van der Waals surface area contributed by atoms with Crippen LogP contribution in [-0.4, -0.2) is 47.4 Å². The van der Waals surface area contributed by atoms with Crippen molar-refractivity contribution in [1.82, 2.24) is 5.32 Å². The van der Waals surface area contributed by atoms with Crippen molar-refractivity contribution in [2.45, 2.75) is 488 Å². The van der Waals surface area contributed by atoms with Crippen LogP contribution in [0.2, 0.25) is 0 Å². The minimum atomic E-state index is -0.844. The number of hydrogen-bond donors (Lipinski definition) is 3. The van der Waals surface area contributed by atoms with E-state index in [1.54, 1.807) is 6.08 Å². The summed E-state index contributed by atoms with van der Waals surface area (Å²) >= 11 is 0. The SMILES string of the molecule is CCCCC/C=C\C/C=C\CCCCCCCCCCCC(=O)OCCCCCCCCCCCCCCCCC/C=C\C/C=C\CCCCCCCCCCCCCCCCCCCC(=O)NC(CO)C(O)/C=C/CCCCCCCCCCCCCCCCCCCCC. The van der Waals surface area contributed by atoms with E-state index in [2.05, 4.69) is 67.8 Å². The maximum atomic E-state index is 12.6. The molecule has 96 heavy (non-hydrogen) atoms. The first-order chi connectivity index (χ1) is 47.5. The topological polar surface area (TPSA) is 95.9 Å². The molecule has 1 amide bonds. The van der Waals surface area contributed by atoms with E-state index >= 15 is 0 Å². The van der Waals surface area contributed by atoms with Gasteiger partial charge in [0.05, 0.1) is 25.4 Å². The standard InChI is InChI=1S/C90H169NO5/c1-3-5-7-9-11-13-15-17-19-21-23-43-47-50-54-58-62-66-70-74-78-82-88(93)87(86-92)91-89(94)83-79-75-71-67-63-59-55-51-48-44-41-39-37-35-33-31-29-27-25-24-26-28-30-32-34-36-38-40-42-45-49-53-57-61-65-69-73-77-81-85-96-90(95)84-80-76-72-68-64-60-56-52-46-22-20-18-16-14-12-10-8-6-4-2/h12,14,18,20,24-25,28,30,78,82,87-88,92-93H,3-11,13,15-17,19,21-23,26-27,29,31-77,79-81,83-86H2,1-2H3,(H,91,94)/b14-12-,20-18-,25-24-,30-28-,82-78+. The van der Waals surface area contributed by atoms with Crippen LogP contribution in [-0.2, 0) is 14.3 Å². The molecule has 0 aliphatic carbocycles. The molecule has 564 valence electrons. The van der Waals surface area contributed by atoms with Crippen LogP contribution in [0.15, 0.2) is 60.8 Å². The monoisotopic (exact) mass is 1340 g/mol. The molecule has 0 aromatic heterocycles. The zero-order valence-electron chi connectivity index (χ0n) is 64.9. The molecule has 0 aliphatic rings. The van der Waals surface area contributed by atoms with Gasteiger partial charge in [0.1, 0.15) is 0 Å². The quantitative estimate of drug-likeness (QED) is 0.0320. The first-order valence-electron chi connectivity index (χ1n) is 43.6. The Hall–Kier alpha value is -2.44. The number of unbranched alkanes of at least 4 members (excludes halogenated alkanes) is 63. The molecular weight excluding hydrogens is 1170 g/mol. The van der Waals surface area contributed by atoms with E-state index in [1.165, 1.54) is 392 Å². The van der Waals surface area contributed by atoms with Crippen LogP contribution in [0, 0.1) is 0 Å². The number of hydrogen-bond acceptors (Lipinski definition) is 5. The van der Waals surface area contributed by atoms with Crippen molar-refractivity contribution >= 4 is 11.9 Å². The average molecular weight is 1350 g/mol. The van der Waals surface area contributed by atoms with Gasteiger partial charge in [0.25, 0.3) is 0 Å². The number of rotatable bonds is 82. The third-order valence-corrected chi connectivity index (χ3v) is 20.3. The van der Waals surface area contributed by atoms with E-state index in [1.807, 2.05) is 6.08 Å². The lowest BCUT2D eigenvalue weighted by Gasteiger charge is -2.20. The lowest BCUT2D eigenvalue weighted by molar-refractivity contribution is -0.143. The Morgan fingerprint density at radius 2 is 0.521 bits per heavy atom. The Balaban J connectivity index is 3.37. The first-order valence-corrected chi connectivity index (χ1v) is 43.6. The van der Waals surface area contributed by atoms with Gasteiger partial charge in [0, 0.05) is 12.8 Å². The third kappa shape index (κ3) is 80.5. The van der Waals surface area contributed by atoms with Crippen molar-refractivity contribution < 1.29 is 24.5 Å². The van der Waals surface area contributed by atoms with E-state index < -0.39 is 12.1 Å². The number of carbonyl (C=O) groups is 2. The summed E-state index contributed by atoms with van der Waals surface area (Å²) in [5, 5.41) is 23.3. The van der Waals surface area contributed by atoms with Crippen molar-refractivity contribution in [3.8, 4) is 0 Å². The number of ether oxygens (including phenoxy) is 1. The third-order valence-electron chi connectivity index (χ3n) is 20.3. The van der Waals surface area contributed by atoms with Gasteiger partial charge >= 0.3 is 5.97 Å². The van der Waals surface area contributed by atoms with Gasteiger partial charge in [-0.3, -0.25) is 9.59 Å². The first kappa shape index (κ1) is 93.6. The maximum Gasteiger partial charge on any atom is 0.305 e. The summed E-state index contributed by atoms with van der Waals surface area (Å²) in [5.41, 5.74) is 0. The van der Waals surface area contributed by atoms with Crippen molar-refractivity contribution in [1.29, 1.82) is 0 Å². The number of amides is 1. The number of carbonyl (C=O) groups excluding carboxylic acids is 2. The lowest BCUT2D eigenvalue weighted by Crippen LogP contribution is -2.45.